The number of carbonyl (C=O) groups is 2. The molecule has 13 heteroatoms. The van der Waals surface area contributed by atoms with Gasteiger partial charge in [0.05, 0.1) is 18.8 Å². The van der Waals surface area contributed by atoms with Crippen molar-refractivity contribution in [3.63, 3.8) is 0 Å². The van der Waals surface area contributed by atoms with E-state index in [9.17, 15) is 32.9 Å². The first-order valence-corrected chi connectivity index (χ1v) is 9.76. The molecule has 10 nitrogen and oxygen atoms in total. The molecule has 1 aromatic rings. The van der Waals surface area contributed by atoms with Gasteiger partial charge in [0.25, 0.3) is 5.09 Å². The normalized spacial score (nSPS) is 15.9. The maximum Gasteiger partial charge on any atom is 0.511 e. The average Bonchev–Trinajstić information content (AvgIpc) is 2.68. The van der Waals surface area contributed by atoms with Crippen LogP contribution in [0.1, 0.15) is 36.5 Å². The van der Waals surface area contributed by atoms with E-state index in [-0.39, 0.29) is 37.4 Å². The lowest BCUT2D eigenvalue weighted by Crippen LogP contribution is -2.41. The van der Waals surface area contributed by atoms with Gasteiger partial charge in [-0.2, -0.15) is 13.2 Å². The van der Waals surface area contributed by atoms with Crippen LogP contribution in [0.5, 0.6) is 5.75 Å². The van der Waals surface area contributed by atoms with Gasteiger partial charge in [-0.25, -0.2) is 9.59 Å². The van der Waals surface area contributed by atoms with Crippen LogP contribution >= 0.6 is 0 Å². The van der Waals surface area contributed by atoms with E-state index in [1.165, 1.54) is 0 Å². The summed E-state index contributed by atoms with van der Waals surface area (Å²) >= 11 is 0. The maximum atomic E-state index is 13.6. The number of benzene rings is 1. The van der Waals surface area contributed by atoms with Crippen LogP contribution in [0.4, 0.5) is 18.0 Å². The van der Waals surface area contributed by atoms with E-state index in [2.05, 4.69) is 4.84 Å². The first kappa shape index (κ1) is 25.7. The zero-order valence-corrected chi connectivity index (χ0v) is 18.0. The summed E-state index contributed by atoms with van der Waals surface area (Å²) in [5, 5.41) is 9.04. The van der Waals surface area contributed by atoms with E-state index in [4.69, 9.17) is 18.9 Å². The molecule has 2 unspecified atom stereocenters. The standard InChI is InChI=1S/C20H22F3NO9/c1-11-8-12(2)16-14(9-11)10-15(17(33-16)20(21,22)23)18(25)31-13(3)32-19(26)29-6-4-5-7-30-24(27)28/h8-10,13,17H,4-7H2,1-3H3. The summed E-state index contributed by atoms with van der Waals surface area (Å²) < 4.78 is 60.0. The molecule has 1 aliphatic rings. The Hall–Kier alpha value is -3.51. The largest absolute Gasteiger partial charge is 0.511 e. The van der Waals surface area contributed by atoms with Crippen LogP contribution in [0.2, 0.25) is 0 Å². The Morgan fingerprint density at radius 1 is 1.18 bits per heavy atom. The number of hydrogen-bond acceptors (Lipinski definition) is 9. The van der Waals surface area contributed by atoms with Crippen molar-refractivity contribution in [1.82, 2.24) is 0 Å². The maximum absolute atomic E-state index is 13.6. The van der Waals surface area contributed by atoms with Crippen molar-refractivity contribution in [3.8, 4) is 5.75 Å². The van der Waals surface area contributed by atoms with Crippen LogP contribution in [0.25, 0.3) is 6.08 Å². The lowest BCUT2D eigenvalue weighted by molar-refractivity contribution is -0.757. The molecule has 0 N–H and O–H groups in total. The first-order valence-electron chi connectivity index (χ1n) is 9.76. The van der Waals surface area contributed by atoms with Crippen LogP contribution in [0, 0.1) is 24.0 Å². The van der Waals surface area contributed by atoms with Crippen molar-refractivity contribution in [2.45, 2.75) is 52.2 Å². The summed E-state index contributed by atoms with van der Waals surface area (Å²) in [6, 6.07) is 3.22. The summed E-state index contributed by atoms with van der Waals surface area (Å²) in [4.78, 5) is 38.1. The quantitative estimate of drug-likeness (QED) is 0.170. The van der Waals surface area contributed by atoms with Crippen LogP contribution in [-0.4, -0.2) is 49.0 Å². The number of rotatable bonds is 9. The Morgan fingerprint density at radius 3 is 2.48 bits per heavy atom. The molecular formula is C20H22F3NO9. The van der Waals surface area contributed by atoms with E-state index in [1.54, 1.807) is 26.0 Å². The fourth-order valence-electron chi connectivity index (χ4n) is 3.00. The molecule has 0 amide bonds. The number of nitrogens with zero attached hydrogens (tertiary/aromatic N) is 1. The van der Waals surface area contributed by atoms with Crippen LogP contribution in [-0.2, 0) is 23.8 Å². The predicted molar refractivity (Wildman–Crippen MR) is 105 cm³/mol. The second-order valence-electron chi connectivity index (χ2n) is 7.09. The third-order valence-electron chi connectivity index (χ3n) is 4.30. The third-order valence-corrected chi connectivity index (χ3v) is 4.30. The van der Waals surface area contributed by atoms with E-state index in [0.29, 0.717) is 5.56 Å². The number of fused-ring (bicyclic) bond motifs is 1. The summed E-state index contributed by atoms with van der Waals surface area (Å²) in [7, 11) is 0. The highest BCUT2D eigenvalue weighted by atomic mass is 19.4. The van der Waals surface area contributed by atoms with Gasteiger partial charge in [-0.3, -0.25) is 0 Å². The van der Waals surface area contributed by atoms with E-state index in [1.807, 2.05) is 0 Å². The minimum absolute atomic E-state index is 0.0102. The molecule has 0 saturated heterocycles. The minimum atomic E-state index is -4.90. The van der Waals surface area contributed by atoms with Crippen LogP contribution in [0.15, 0.2) is 17.7 Å². The molecule has 0 aromatic heterocycles. The molecule has 0 radical (unpaired) electrons. The predicted octanol–water partition coefficient (Wildman–Crippen LogP) is 4.04. The fraction of sp³-hybridized carbons (Fsp3) is 0.500. The molecule has 0 fully saturated rings. The Morgan fingerprint density at radius 2 is 1.85 bits per heavy atom. The van der Waals surface area contributed by atoms with Crippen molar-refractivity contribution in [3.05, 3.63) is 44.5 Å². The number of halogens is 3. The molecule has 0 bridgehead atoms. The van der Waals surface area contributed by atoms with Gasteiger partial charge in [-0.1, -0.05) is 11.6 Å². The van der Waals surface area contributed by atoms with Crippen molar-refractivity contribution >= 4 is 18.2 Å². The molecule has 0 saturated carbocycles. The lowest BCUT2D eigenvalue weighted by atomic mass is 9.97. The summed E-state index contributed by atoms with van der Waals surface area (Å²) in [5.74, 6) is -1.37. The number of ether oxygens (including phenoxy) is 4. The molecule has 182 valence electrons. The summed E-state index contributed by atoms with van der Waals surface area (Å²) in [6.45, 7) is 4.11. The number of hydrogen-bond donors (Lipinski definition) is 0. The molecule has 1 heterocycles. The molecular weight excluding hydrogens is 455 g/mol. The highest BCUT2D eigenvalue weighted by molar-refractivity contribution is 5.96. The smallest absolute Gasteiger partial charge is 0.475 e. The van der Waals surface area contributed by atoms with Gasteiger partial charge in [-0.15, -0.1) is 10.1 Å². The van der Waals surface area contributed by atoms with Crippen molar-refractivity contribution in [2.75, 3.05) is 13.2 Å². The molecule has 0 aliphatic carbocycles. The van der Waals surface area contributed by atoms with Crippen LogP contribution in [0.3, 0.4) is 0 Å². The van der Waals surface area contributed by atoms with Crippen molar-refractivity contribution in [2.24, 2.45) is 0 Å². The molecule has 1 aromatic carbocycles. The zero-order valence-electron chi connectivity index (χ0n) is 18.0. The number of alkyl halides is 3. The van der Waals surface area contributed by atoms with E-state index < -0.39 is 41.4 Å². The van der Waals surface area contributed by atoms with Gasteiger partial charge >= 0.3 is 18.3 Å². The van der Waals surface area contributed by atoms with Gasteiger partial charge in [0.1, 0.15) is 5.75 Å². The first-order chi connectivity index (χ1) is 15.4. The number of aryl methyl sites for hydroxylation is 2. The average molecular weight is 477 g/mol. The van der Waals surface area contributed by atoms with Gasteiger partial charge in [-0.05, 0) is 44.4 Å². The Kier molecular flexibility index (Phi) is 8.49. The highest BCUT2D eigenvalue weighted by Crippen LogP contribution is 2.39. The second-order valence-corrected chi connectivity index (χ2v) is 7.09. The van der Waals surface area contributed by atoms with Gasteiger partial charge in [0.2, 0.25) is 12.4 Å². The lowest BCUT2D eigenvalue weighted by Gasteiger charge is -2.29. The van der Waals surface area contributed by atoms with Gasteiger partial charge in [0, 0.05) is 12.5 Å². The van der Waals surface area contributed by atoms with Crippen LogP contribution < -0.4 is 4.74 Å². The SMILES string of the molecule is Cc1cc(C)c2c(c1)C=C(C(=O)OC(C)OC(=O)OCCCCO[N+](=O)[O-])C(C(F)(F)F)O2. The van der Waals surface area contributed by atoms with Gasteiger partial charge < -0.3 is 23.8 Å². The summed E-state index contributed by atoms with van der Waals surface area (Å²) in [6.07, 6.45) is -8.75. The molecule has 33 heavy (non-hydrogen) atoms. The Bertz CT molecular complexity index is 930. The molecule has 0 spiro atoms. The number of esters is 1. The fourth-order valence-corrected chi connectivity index (χ4v) is 3.00. The highest BCUT2D eigenvalue weighted by Gasteiger charge is 2.49. The topological polar surface area (TPSA) is 123 Å². The van der Waals surface area contributed by atoms with Crippen molar-refractivity contribution < 1.29 is 51.6 Å². The third kappa shape index (κ3) is 7.54. The Balaban J connectivity index is 1.98. The van der Waals surface area contributed by atoms with E-state index >= 15 is 0 Å². The van der Waals surface area contributed by atoms with E-state index in [0.717, 1.165) is 18.6 Å². The number of unbranched alkanes of at least 4 members (excludes halogenated alkanes) is 1. The molecule has 2 atom stereocenters. The monoisotopic (exact) mass is 477 g/mol. The second kappa shape index (κ2) is 10.9. The minimum Gasteiger partial charge on any atom is -0.475 e. The summed E-state index contributed by atoms with van der Waals surface area (Å²) in [5.41, 5.74) is 0.726. The van der Waals surface area contributed by atoms with Gasteiger partial charge in [0.15, 0.2) is 0 Å². The number of carbonyl (C=O) groups excluding carboxylic acids is 2. The zero-order chi connectivity index (χ0) is 24.8. The Labute approximate surface area is 186 Å². The van der Waals surface area contributed by atoms with Crippen molar-refractivity contribution in [1.29, 1.82) is 0 Å². The molecule has 1 aliphatic heterocycles. The molecule has 2 rings (SSSR count).